The first-order valence-electron chi connectivity index (χ1n) is 4.16. The van der Waals surface area contributed by atoms with Gasteiger partial charge in [0.15, 0.2) is 0 Å². The molecule has 0 aliphatic carbocycles. The highest BCUT2D eigenvalue weighted by atomic mass is 79.9. The lowest BCUT2D eigenvalue weighted by Gasteiger charge is -2.11. The molecule has 0 saturated carbocycles. The zero-order valence-electron chi connectivity index (χ0n) is 7.18. The fourth-order valence-corrected chi connectivity index (χ4v) is 2.39. The van der Waals surface area contributed by atoms with Crippen LogP contribution in [0.5, 0.6) is 0 Å². The number of hydrogen-bond donors (Lipinski definition) is 2. The molecule has 1 aliphatic rings. The van der Waals surface area contributed by atoms with Gasteiger partial charge in [0, 0.05) is 16.0 Å². The first-order chi connectivity index (χ1) is 6.66. The third-order valence-corrected chi connectivity index (χ3v) is 3.03. The highest BCUT2D eigenvalue weighted by molar-refractivity contribution is 9.10. The molecule has 3 nitrogen and oxygen atoms in total. The van der Waals surface area contributed by atoms with E-state index >= 15 is 0 Å². The Kier molecular flexibility index (Phi) is 2.65. The molecular weight excluding hydrogens is 267 g/mol. The lowest BCUT2D eigenvalue weighted by Crippen LogP contribution is -2.21. The Morgan fingerprint density at radius 3 is 2.86 bits per heavy atom. The summed E-state index contributed by atoms with van der Waals surface area (Å²) in [6.07, 6.45) is 0. The predicted molar refractivity (Wildman–Crippen MR) is 58.4 cm³/mol. The molecule has 2 N–H and O–H groups in total. The molecule has 1 saturated heterocycles. The first-order valence-corrected chi connectivity index (χ1v) is 5.33. The van der Waals surface area contributed by atoms with E-state index < -0.39 is 0 Å². The molecule has 2 amide bonds. The van der Waals surface area contributed by atoms with E-state index in [4.69, 9.17) is 11.6 Å². The van der Waals surface area contributed by atoms with E-state index in [-0.39, 0.29) is 12.1 Å². The normalized spacial score (nSPS) is 20.4. The van der Waals surface area contributed by atoms with Gasteiger partial charge in [0.25, 0.3) is 0 Å². The third-order valence-electron chi connectivity index (χ3n) is 2.11. The van der Waals surface area contributed by atoms with Gasteiger partial charge in [-0.3, -0.25) is 0 Å². The molecular formula is C9H8BrClN2O. The standard InChI is InChI=1S/C9H8BrClN2O/c10-7-3-5(11)1-2-6(7)8-4-12-9(14)13-8/h1-3,8H,4H2,(H2,12,13,14)/t8-/m1/s1. The van der Waals surface area contributed by atoms with Gasteiger partial charge in [-0.15, -0.1) is 0 Å². The van der Waals surface area contributed by atoms with E-state index in [1.807, 2.05) is 18.2 Å². The molecule has 0 bridgehead atoms. The van der Waals surface area contributed by atoms with Crippen LogP contribution in [-0.2, 0) is 0 Å². The van der Waals surface area contributed by atoms with Crippen LogP contribution >= 0.6 is 27.5 Å². The number of urea groups is 1. The lowest BCUT2D eigenvalue weighted by atomic mass is 10.1. The van der Waals surface area contributed by atoms with Crippen molar-refractivity contribution in [3.8, 4) is 0 Å². The number of nitrogens with one attached hydrogen (secondary N) is 2. The maximum absolute atomic E-state index is 10.9. The summed E-state index contributed by atoms with van der Waals surface area (Å²) < 4.78 is 0.916. The van der Waals surface area contributed by atoms with E-state index in [9.17, 15) is 4.79 Å². The van der Waals surface area contributed by atoms with Crippen molar-refractivity contribution in [1.29, 1.82) is 0 Å². The van der Waals surface area contributed by atoms with Gasteiger partial charge in [-0.05, 0) is 17.7 Å². The maximum Gasteiger partial charge on any atom is 0.315 e. The van der Waals surface area contributed by atoms with Crippen molar-refractivity contribution < 1.29 is 4.79 Å². The van der Waals surface area contributed by atoms with Crippen LogP contribution in [0.3, 0.4) is 0 Å². The molecule has 1 aromatic rings. The summed E-state index contributed by atoms with van der Waals surface area (Å²) >= 11 is 9.23. The minimum atomic E-state index is -0.128. The summed E-state index contributed by atoms with van der Waals surface area (Å²) in [6, 6.07) is 5.43. The molecule has 1 fully saturated rings. The van der Waals surface area contributed by atoms with Crippen LogP contribution in [0, 0.1) is 0 Å². The summed E-state index contributed by atoms with van der Waals surface area (Å²) in [4.78, 5) is 10.9. The topological polar surface area (TPSA) is 41.1 Å². The van der Waals surface area contributed by atoms with Crippen LogP contribution < -0.4 is 10.6 Å². The highest BCUT2D eigenvalue weighted by Gasteiger charge is 2.23. The Hall–Kier alpha value is -0.740. The van der Waals surface area contributed by atoms with Crippen molar-refractivity contribution >= 4 is 33.6 Å². The summed E-state index contributed by atoms with van der Waals surface area (Å²) in [6.45, 7) is 0.610. The van der Waals surface area contributed by atoms with E-state index in [0.717, 1.165) is 10.0 Å². The van der Waals surface area contributed by atoms with Gasteiger partial charge in [0.1, 0.15) is 0 Å². The average Bonchev–Trinajstić information content (AvgIpc) is 2.51. The van der Waals surface area contributed by atoms with Crippen LogP contribution in [0.15, 0.2) is 22.7 Å². The molecule has 5 heteroatoms. The van der Waals surface area contributed by atoms with Crippen LogP contribution in [0.25, 0.3) is 0 Å². The number of carbonyl (C=O) groups is 1. The van der Waals surface area contributed by atoms with Crippen LogP contribution in [0.2, 0.25) is 5.02 Å². The van der Waals surface area contributed by atoms with E-state index in [2.05, 4.69) is 26.6 Å². The molecule has 0 aromatic heterocycles. The predicted octanol–water partition coefficient (Wildman–Crippen LogP) is 2.46. The van der Waals surface area contributed by atoms with Crippen molar-refractivity contribution in [2.24, 2.45) is 0 Å². The molecule has 1 heterocycles. The Morgan fingerprint density at radius 1 is 1.50 bits per heavy atom. The van der Waals surface area contributed by atoms with Crippen molar-refractivity contribution in [1.82, 2.24) is 10.6 Å². The average molecular weight is 276 g/mol. The molecule has 1 aromatic carbocycles. The molecule has 2 rings (SSSR count). The van der Waals surface area contributed by atoms with E-state index in [1.54, 1.807) is 0 Å². The molecule has 14 heavy (non-hydrogen) atoms. The van der Waals surface area contributed by atoms with Gasteiger partial charge in [-0.25, -0.2) is 4.79 Å². The quantitative estimate of drug-likeness (QED) is 0.812. The van der Waals surface area contributed by atoms with Crippen molar-refractivity contribution in [3.05, 3.63) is 33.3 Å². The number of amides is 2. The smallest absolute Gasteiger partial charge is 0.315 e. The van der Waals surface area contributed by atoms with Crippen molar-refractivity contribution in [2.45, 2.75) is 6.04 Å². The second-order valence-electron chi connectivity index (χ2n) is 3.07. The summed E-state index contributed by atoms with van der Waals surface area (Å²) in [5.41, 5.74) is 1.03. The minimum absolute atomic E-state index is 0.0224. The van der Waals surface area contributed by atoms with Crippen LogP contribution in [0.4, 0.5) is 4.79 Å². The second-order valence-corrected chi connectivity index (χ2v) is 4.36. The molecule has 0 unspecified atom stereocenters. The number of rotatable bonds is 1. The lowest BCUT2D eigenvalue weighted by molar-refractivity contribution is 0.247. The molecule has 1 atom stereocenters. The molecule has 0 spiro atoms. The van der Waals surface area contributed by atoms with Crippen molar-refractivity contribution in [2.75, 3.05) is 6.54 Å². The molecule has 74 valence electrons. The molecule has 1 aliphatic heterocycles. The SMILES string of the molecule is O=C1NC[C@H](c2ccc(Cl)cc2Br)N1. The van der Waals surface area contributed by atoms with Crippen LogP contribution in [-0.4, -0.2) is 12.6 Å². The van der Waals surface area contributed by atoms with Gasteiger partial charge in [0.2, 0.25) is 0 Å². The van der Waals surface area contributed by atoms with Gasteiger partial charge in [-0.2, -0.15) is 0 Å². The fourth-order valence-electron chi connectivity index (χ4n) is 1.43. The minimum Gasteiger partial charge on any atom is -0.336 e. The summed E-state index contributed by atoms with van der Waals surface area (Å²) in [5, 5.41) is 6.19. The Labute approximate surface area is 95.0 Å². The number of benzene rings is 1. The first kappa shape index (κ1) is 9.80. The van der Waals surface area contributed by atoms with Crippen molar-refractivity contribution in [3.63, 3.8) is 0 Å². The van der Waals surface area contributed by atoms with Gasteiger partial charge < -0.3 is 10.6 Å². The van der Waals surface area contributed by atoms with E-state index in [0.29, 0.717) is 11.6 Å². The number of hydrogen-bond acceptors (Lipinski definition) is 1. The van der Waals surface area contributed by atoms with Gasteiger partial charge in [0.05, 0.1) is 6.04 Å². The second kappa shape index (κ2) is 3.79. The summed E-state index contributed by atoms with van der Waals surface area (Å²) in [7, 11) is 0. The third kappa shape index (κ3) is 1.86. The molecule has 0 radical (unpaired) electrons. The monoisotopic (exact) mass is 274 g/mol. The maximum atomic E-state index is 10.9. The highest BCUT2D eigenvalue weighted by Crippen LogP contribution is 2.27. The van der Waals surface area contributed by atoms with Gasteiger partial charge >= 0.3 is 6.03 Å². The van der Waals surface area contributed by atoms with Gasteiger partial charge in [-0.1, -0.05) is 33.6 Å². The van der Waals surface area contributed by atoms with Crippen LogP contribution in [0.1, 0.15) is 11.6 Å². The number of halogens is 2. The summed E-state index contributed by atoms with van der Waals surface area (Å²) in [5.74, 6) is 0. The zero-order valence-corrected chi connectivity index (χ0v) is 9.52. The largest absolute Gasteiger partial charge is 0.336 e. The Balaban J connectivity index is 2.28. The Bertz CT molecular complexity index is 383. The number of carbonyl (C=O) groups excluding carboxylic acids is 1. The Morgan fingerprint density at radius 2 is 2.29 bits per heavy atom. The van der Waals surface area contributed by atoms with E-state index in [1.165, 1.54) is 0 Å². The fraction of sp³-hybridized carbons (Fsp3) is 0.222. The zero-order chi connectivity index (χ0) is 10.1.